The molecule has 1 aliphatic heterocycles. The first kappa shape index (κ1) is 12.8. The Bertz CT molecular complexity index is 416. The fourth-order valence-corrected chi connectivity index (χ4v) is 2.54. The molecule has 94 valence electrons. The van der Waals surface area contributed by atoms with E-state index < -0.39 is 4.65 Å². The van der Waals surface area contributed by atoms with Gasteiger partial charge >= 0.3 is 0 Å². The highest BCUT2D eigenvalue weighted by Crippen LogP contribution is 2.41. The van der Waals surface area contributed by atoms with E-state index in [0.29, 0.717) is 12.2 Å². The van der Waals surface area contributed by atoms with Crippen molar-refractivity contribution in [3.63, 3.8) is 0 Å². The molecule has 1 heterocycles. The van der Waals surface area contributed by atoms with Gasteiger partial charge in [-0.3, -0.25) is 0 Å². The van der Waals surface area contributed by atoms with Gasteiger partial charge in [0.15, 0.2) is 12.4 Å². The zero-order chi connectivity index (χ0) is 12.5. The predicted octanol–water partition coefficient (Wildman–Crippen LogP) is 1.02. The van der Waals surface area contributed by atoms with Crippen molar-refractivity contribution in [3.8, 4) is 0 Å². The van der Waals surface area contributed by atoms with E-state index in [-0.39, 0.29) is 26.4 Å². The lowest BCUT2D eigenvalue weighted by atomic mass is 10.2. The van der Waals surface area contributed by atoms with Crippen molar-refractivity contribution in [1.29, 1.82) is 0 Å². The number of aliphatic hydroxyl groups excluding tert-OH is 2. The van der Waals surface area contributed by atoms with Crippen molar-refractivity contribution in [3.05, 3.63) is 27.9 Å². The minimum Gasteiger partial charge on any atom is -0.626 e. The number of aliphatic hydroxyl groups is 2. The van der Waals surface area contributed by atoms with Crippen molar-refractivity contribution < 1.29 is 10.2 Å². The first-order valence-corrected chi connectivity index (χ1v) is 6.25. The highest BCUT2D eigenvalue weighted by atomic mass is 79.9. The Labute approximate surface area is 108 Å². The molecule has 1 aromatic carbocycles. The Kier molecular flexibility index (Phi) is 3.70. The van der Waals surface area contributed by atoms with Crippen LogP contribution in [0, 0.1) is 5.21 Å². The van der Waals surface area contributed by atoms with Crippen LogP contribution in [-0.4, -0.2) is 43.2 Å². The molecule has 1 aromatic rings. The average Bonchev–Trinajstić information content (AvgIpc) is 2.53. The van der Waals surface area contributed by atoms with Crippen molar-refractivity contribution in [1.82, 2.24) is 4.65 Å². The van der Waals surface area contributed by atoms with Crippen LogP contribution in [0.2, 0.25) is 0 Å². The minimum atomic E-state index is -0.556. The first-order valence-electron chi connectivity index (χ1n) is 5.45. The third-order valence-electron chi connectivity index (χ3n) is 2.95. The number of nitrogens with zero attached hydrogens (tertiary/aromatic N) is 2. The molecule has 6 heteroatoms. The summed E-state index contributed by atoms with van der Waals surface area (Å²) in [7, 11) is 0. The van der Waals surface area contributed by atoms with Crippen LogP contribution >= 0.6 is 15.9 Å². The number of quaternary nitrogens is 1. The second kappa shape index (κ2) is 4.91. The number of benzene rings is 1. The average molecular weight is 303 g/mol. The van der Waals surface area contributed by atoms with Gasteiger partial charge < -0.3 is 25.0 Å². The fraction of sp³-hybridized carbons (Fsp3) is 0.455. The van der Waals surface area contributed by atoms with Crippen molar-refractivity contribution in [2.24, 2.45) is 0 Å². The largest absolute Gasteiger partial charge is 0.626 e. The molecule has 2 rings (SSSR count). The summed E-state index contributed by atoms with van der Waals surface area (Å²) in [5.41, 5.74) is 1.48. The van der Waals surface area contributed by atoms with Crippen LogP contribution < -0.4 is 9.55 Å². The van der Waals surface area contributed by atoms with Crippen LogP contribution in [0.5, 0.6) is 0 Å². The van der Waals surface area contributed by atoms with E-state index in [1.807, 2.05) is 17.0 Å². The van der Waals surface area contributed by atoms with E-state index in [1.54, 1.807) is 6.07 Å². The van der Waals surface area contributed by atoms with E-state index in [2.05, 4.69) is 15.9 Å². The van der Waals surface area contributed by atoms with E-state index >= 15 is 0 Å². The molecule has 5 nitrogen and oxygen atoms in total. The summed E-state index contributed by atoms with van der Waals surface area (Å²) >= 11 is 3.37. The number of β-amino-alcohol motifs (C(OH)–C–C–N with tert-alkyl or cyclic N) is 1. The van der Waals surface area contributed by atoms with Gasteiger partial charge in [-0.15, -0.1) is 0 Å². The maximum absolute atomic E-state index is 12.6. The Balaban J connectivity index is 2.40. The summed E-state index contributed by atoms with van der Waals surface area (Å²) in [5, 5.41) is 30.6. The van der Waals surface area contributed by atoms with Gasteiger partial charge in [-0.2, -0.15) is 0 Å². The molecule has 0 aromatic heterocycles. The zero-order valence-electron chi connectivity index (χ0n) is 9.34. The maximum Gasteiger partial charge on any atom is 0.159 e. The zero-order valence-corrected chi connectivity index (χ0v) is 10.9. The summed E-state index contributed by atoms with van der Waals surface area (Å²) in [6.07, 6.45) is 0. The van der Waals surface area contributed by atoms with Gasteiger partial charge in [0.25, 0.3) is 0 Å². The topological polar surface area (TPSA) is 66.8 Å². The molecule has 0 saturated heterocycles. The molecule has 2 N–H and O–H groups in total. The number of hydrogen-bond acceptors (Lipinski definition) is 4. The number of rotatable bonds is 4. The Morgan fingerprint density at radius 1 is 1.35 bits per heavy atom. The first-order chi connectivity index (χ1) is 8.10. The summed E-state index contributed by atoms with van der Waals surface area (Å²) in [6, 6.07) is 5.48. The van der Waals surface area contributed by atoms with Crippen molar-refractivity contribution >= 4 is 27.3 Å². The van der Waals surface area contributed by atoms with Crippen LogP contribution in [0.25, 0.3) is 0 Å². The molecule has 1 unspecified atom stereocenters. The Morgan fingerprint density at radius 2 is 2.12 bits per heavy atom. The van der Waals surface area contributed by atoms with Gasteiger partial charge in [-0.1, -0.05) is 15.9 Å². The second-order valence-corrected chi connectivity index (χ2v) is 5.01. The molecule has 0 amide bonds. The van der Waals surface area contributed by atoms with Crippen LogP contribution in [0.3, 0.4) is 0 Å². The number of hydroxylamine groups is 2. The standard InChI is InChI=1S/C11H15BrN2O3/c12-9-1-2-11-10(7-9)13(3-5-15)8-14(11,17)4-6-16/h1-2,7,15-16H,3-6,8H2. The highest BCUT2D eigenvalue weighted by molar-refractivity contribution is 9.10. The summed E-state index contributed by atoms with van der Waals surface area (Å²) in [4.78, 5) is 1.85. The van der Waals surface area contributed by atoms with Gasteiger partial charge in [0.1, 0.15) is 12.2 Å². The quantitative estimate of drug-likeness (QED) is 0.644. The van der Waals surface area contributed by atoms with Crippen LogP contribution in [0.15, 0.2) is 22.7 Å². The van der Waals surface area contributed by atoms with E-state index in [1.165, 1.54) is 0 Å². The molecule has 0 bridgehead atoms. The van der Waals surface area contributed by atoms with Crippen LogP contribution in [0.1, 0.15) is 0 Å². The summed E-state index contributed by atoms with van der Waals surface area (Å²) in [6.45, 7) is 0.664. The second-order valence-electron chi connectivity index (χ2n) is 4.10. The van der Waals surface area contributed by atoms with Crippen molar-refractivity contribution in [2.45, 2.75) is 0 Å². The van der Waals surface area contributed by atoms with Gasteiger partial charge in [0, 0.05) is 17.1 Å². The fourth-order valence-electron chi connectivity index (χ4n) is 2.19. The third-order valence-corrected chi connectivity index (χ3v) is 3.44. The molecular weight excluding hydrogens is 288 g/mol. The number of hydrogen-bond donors (Lipinski definition) is 2. The van der Waals surface area contributed by atoms with Gasteiger partial charge in [-0.25, -0.2) is 0 Å². The lowest BCUT2D eigenvalue weighted by molar-refractivity contribution is 0.240. The monoisotopic (exact) mass is 302 g/mol. The van der Waals surface area contributed by atoms with Gasteiger partial charge in [0.2, 0.25) is 0 Å². The predicted molar refractivity (Wildman–Crippen MR) is 70.6 cm³/mol. The van der Waals surface area contributed by atoms with Gasteiger partial charge in [-0.05, 0) is 12.1 Å². The van der Waals surface area contributed by atoms with E-state index in [0.717, 1.165) is 10.2 Å². The Hall–Kier alpha value is -0.660. The molecule has 1 atom stereocenters. The SMILES string of the molecule is [O-][N+]1(CCO)CN(CCO)c2cc(Br)ccc21. The summed E-state index contributed by atoms with van der Waals surface area (Å²) < 4.78 is 0.343. The number of anilines is 1. The number of fused-ring (bicyclic) bond motifs is 1. The smallest absolute Gasteiger partial charge is 0.159 e. The van der Waals surface area contributed by atoms with E-state index in [4.69, 9.17) is 10.2 Å². The lowest BCUT2D eigenvalue weighted by Gasteiger charge is -2.37. The normalized spacial score (nSPS) is 22.9. The van der Waals surface area contributed by atoms with Crippen molar-refractivity contribution in [2.75, 3.05) is 37.9 Å². The molecule has 0 saturated carbocycles. The molecular formula is C11H15BrN2O3. The summed E-state index contributed by atoms with van der Waals surface area (Å²) in [5.74, 6) is 0. The molecule has 0 fully saturated rings. The molecule has 1 aliphatic rings. The molecule has 17 heavy (non-hydrogen) atoms. The van der Waals surface area contributed by atoms with Crippen LogP contribution in [-0.2, 0) is 0 Å². The molecule has 0 aliphatic carbocycles. The third kappa shape index (κ3) is 2.31. The molecule has 0 radical (unpaired) electrons. The Morgan fingerprint density at radius 3 is 2.76 bits per heavy atom. The highest BCUT2D eigenvalue weighted by Gasteiger charge is 2.35. The molecule has 0 spiro atoms. The minimum absolute atomic E-state index is 0.00504. The van der Waals surface area contributed by atoms with E-state index in [9.17, 15) is 5.21 Å². The maximum atomic E-state index is 12.6. The van der Waals surface area contributed by atoms with Crippen LogP contribution in [0.4, 0.5) is 11.4 Å². The number of halogens is 1. The lowest BCUT2D eigenvalue weighted by Crippen LogP contribution is -2.48. The van der Waals surface area contributed by atoms with Gasteiger partial charge in [0.05, 0.1) is 13.2 Å².